The van der Waals surface area contributed by atoms with Crippen molar-refractivity contribution in [2.75, 3.05) is 30.1 Å². The summed E-state index contributed by atoms with van der Waals surface area (Å²) >= 11 is 12.3. The molecule has 0 saturated carbocycles. The highest BCUT2D eigenvalue weighted by atomic mass is 35.5. The van der Waals surface area contributed by atoms with Gasteiger partial charge >= 0.3 is 6.18 Å². The van der Waals surface area contributed by atoms with Gasteiger partial charge < -0.3 is 13.8 Å². The third-order valence-electron chi connectivity index (χ3n) is 5.53. The van der Waals surface area contributed by atoms with Gasteiger partial charge in [0.05, 0.1) is 21.4 Å². The molecule has 0 fully saturated rings. The summed E-state index contributed by atoms with van der Waals surface area (Å²) in [5.41, 5.74) is -0.124. The maximum absolute atomic E-state index is 13.1. The van der Waals surface area contributed by atoms with Gasteiger partial charge in [-0.15, -0.1) is 0 Å². The quantitative estimate of drug-likeness (QED) is 0.282. The Labute approximate surface area is 220 Å². The van der Waals surface area contributed by atoms with Gasteiger partial charge in [-0.1, -0.05) is 42.2 Å². The molecule has 0 aliphatic carbocycles. The molecule has 9 nitrogen and oxygen atoms in total. The number of halogens is 5. The second-order valence-corrected chi connectivity index (χ2v) is 10.7. The molecular weight excluding hydrogens is 556 g/mol. The Hall–Kier alpha value is -2.87. The summed E-state index contributed by atoms with van der Waals surface area (Å²) < 4.78 is 73.0. The van der Waals surface area contributed by atoms with Crippen LogP contribution in [0.4, 0.5) is 18.9 Å². The van der Waals surface area contributed by atoms with Gasteiger partial charge in [0.25, 0.3) is 5.89 Å². The second-order valence-electron chi connectivity index (χ2n) is 8.00. The van der Waals surface area contributed by atoms with Gasteiger partial charge in [0, 0.05) is 30.2 Å². The van der Waals surface area contributed by atoms with E-state index < -0.39 is 21.8 Å². The van der Waals surface area contributed by atoms with E-state index in [9.17, 15) is 21.6 Å². The molecule has 1 N–H and O–H groups in total. The van der Waals surface area contributed by atoms with Gasteiger partial charge in [0.1, 0.15) is 5.69 Å². The molecule has 0 aliphatic heterocycles. The molecule has 0 spiro atoms. The van der Waals surface area contributed by atoms with Gasteiger partial charge in [-0.25, -0.2) is 13.4 Å². The molecule has 0 amide bonds. The number of hydrogen-bond donors (Lipinski definition) is 1. The van der Waals surface area contributed by atoms with Gasteiger partial charge in [0.15, 0.2) is 5.65 Å². The average Bonchev–Trinajstić information content (AvgIpc) is 3.46. The molecule has 37 heavy (non-hydrogen) atoms. The van der Waals surface area contributed by atoms with Gasteiger partial charge in [-0.2, -0.15) is 18.2 Å². The highest BCUT2D eigenvalue weighted by Gasteiger charge is 2.32. The Morgan fingerprint density at radius 1 is 1.08 bits per heavy atom. The molecule has 0 atom stereocenters. The molecule has 3 heterocycles. The van der Waals surface area contributed by atoms with Crippen molar-refractivity contribution in [3.8, 4) is 23.0 Å². The van der Waals surface area contributed by atoms with E-state index in [1.54, 1.807) is 0 Å². The van der Waals surface area contributed by atoms with Crippen LogP contribution in [0.2, 0.25) is 10.0 Å². The van der Waals surface area contributed by atoms with Crippen molar-refractivity contribution in [3.63, 3.8) is 0 Å². The lowest BCUT2D eigenvalue weighted by Crippen LogP contribution is -2.31. The number of nitrogens with zero attached hydrogens (tertiary/aromatic N) is 5. The number of rotatable bonds is 9. The first kappa shape index (κ1) is 27.2. The largest absolute Gasteiger partial charge is 0.417 e. The van der Waals surface area contributed by atoms with Gasteiger partial charge in [0.2, 0.25) is 15.8 Å². The Morgan fingerprint density at radius 3 is 2.46 bits per heavy atom. The second kappa shape index (κ2) is 10.5. The third-order valence-corrected chi connectivity index (χ3v) is 7.39. The molecule has 0 unspecified atom stereocenters. The standard InChI is InChI=1S/C22H21Cl2F3N6O3S/c1-3-32(4-2)7-8-37(34,35)31-14-5-6-15(16(23)10-14)19-29-21(36-30-19)18-12-33-11-13(22(25,26)27)9-17(24)20(33)28-18/h5-6,9-12,31H,3-4,7-8H2,1-2H3. The summed E-state index contributed by atoms with van der Waals surface area (Å²) in [7, 11) is -3.60. The molecule has 4 rings (SSSR count). The summed E-state index contributed by atoms with van der Waals surface area (Å²) in [4.78, 5) is 10.4. The van der Waals surface area contributed by atoms with Crippen molar-refractivity contribution in [1.29, 1.82) is 0 Å². The number of pyridine rings is 1. The topological polar surface area (TPSA) is 106 Å². The smallest absolute Gasteiger partial charge is 0.332 e. The number of sulfonamides is 1. The van der Waals surface area contributed by atoms with E-state index in [1.165, 1.54) is 24.4 Å². The minimum absolute atomic E-state index is 0.0689. The Balaban J connectivity index is 1.54. The minimum Gasteiger partial charge on any atom is -0.332 e. The number of alkyl halides is 3. The Morgan fingerprint density at radius 2 is 1.81 bits per heavy atom. The first-order valence-electron chi connectivity index (χ1n) is 11.0. The molecule has 3 aromatic heterocycles. The van der Waals surface area contributed by atoms with Crippen molar-refractivity contribution < 1.29 is 26.1 Å². The van der Waals surface area contributed by atoms with Crippen LogP contribution in [0.5, 0.6) is 0 Å². The predicted molar refractivity (Wildman–Crippen MR) is 134 cm³/mol. The number of hydrogen-bond acceptors (Lipinski definition) is 7. The van der Waals surface area contributed by atoms with Crippen LogP contribution in [0, 0.1) is 0 Å². The fraction of sp³-hybridized carbons (Fsp3) is 0.318. The number of nitrogens with one attached hydrogen (secondary N) is 1. The van der Waals surface area contributed by atoms with Gasteiger partial charge in [-0.05, 0) is 37.4 Å². The van der Waals surface area contributed by atoms with E-state index in [0.717, 1.165) is 29.8 Å². The van der Waals surface area contributed by atoms with Gasteiger partial charge in [-0.3, -0.25) is 4.72 Å². The summed E-state index contributed by atoms with van der Waals surface area (Å²) in [5.74, 6) is -0.0638. The highest BCUT2D eigenvalue weighted by molar-refractivity contribution is 7.92. The molecule has 15 heteroatoms. The molecule has 198 valence electrons. The van der Waals surface area contributed by atoms with E-state index >= 15 is 0 Å². The van der Waals surface area contributed by atoms with Crippen molar-refractivity contribution in [2.45, 2.75) is 20.0 Å². The zero-order valence-corrected chi connectivity index (χ0v) is 21.9. The first-order valence-corrected chi connectivity index (χ1v) is 13.4. The Kier molecular flexibility index (Phi) is 7.70. The van der Waals surface area contributed by atoms with Crippen molar-refractivity contribution in [2.24, 2.45) is 0 Å². The van der Waals surface area contributed by atoms with Crippen LogP contribution >= 0.6 is 23.2 Å². The number of aromatic nitrogens is 4. The maximum atomic E-state index is 13.1. The van der Waals surface area contributed by atoms with E-state index in [2.05, 4.69) is 19.8 Å². The lowest BCUT2D eigenvalue weighted by atomic mass is 10.2. The van der Waals surface area contributed by atoms with E-state index in [4.69, 9.17) is 27.7 Å². The third kappa shape index (κ3) is 6.17. The van der Waals surface area contributed by atoms with Crippen molar-refractivity contribution >= 4 is 44.6 Å². The molecule has 0 saturated heterocycles. The van der Waals surface area contributed by atoms with Crippen LogP contribution in [0.25, 0.3) is 28.6 Å². The normalized spacial score (nSPS) is 12.5. The SMILES string of the molecule is CCN(CC)CCS(=O)(=O)Nc1ccc(-c2noc(-c3cn4cc(C(F)(F)F)cc(Cl)c4n3)n2)c(Cl)c1. The summed E-state index contributed by atoms with van der Waals surface area (Å²) in [6, 6.07) is 5.24. The highest BCUT2D eigenvalue weighted by Crippen LogP contribution is 2.34. The van der Waals surface area contributed by atoms with Crippen molar-refractivity contribution in [3.05, 3.63) is 52.3 Å². The van der Waals surface area contributed by atoms with Crippen LogP contribution in [-0.2, 0) is 16.2 Å². The zero-order chi connectivity index (χ0) is 27.0. The van der Waals surface area contributed by atoms with E-state index in [-0.39, 0.29) is 44.5 Å². The van der Waals surface area contributed by atoms with Crippen molar-refractivity contribution in [1.82, 2.24) is 24.4 Å². The van der Waals surface area contributed by atoms with Crippen LogP contribution in [0.15, 0.2) is 41.2 Å². The lowest BCUT2D eigenvalue weighted by Gasteiger charge is -2.18. The number of anilines is 1. The van der Waals surface area contributed by atoms with Crippen LogP contribution in [-0.4, -0.2) is 58.2 Å². The summed E-state index contributed by atoms with van der Waals surface area (Å²) in [6.07, 6.45) is -2.44. The predicted octanol–water partition coefficient (Wildman–Crippen LogP) is 5.46. The molecule has 1 aromatic carbocycles. The summed E-state index contributed by atoms with van der Waals surface area (Å²) in [5, 5.41) is 3.83. The zero-order valence-electron chi connectivity index (χ0n) is 19.6. The monoisotopic (exact) mass is 576 g/mol. The number of imidazole rings is 1. The lowest BCUT2D eigenvalue weighted by molar-refractivity contribution is -0.137. The van der Waals surface area contributed by atoms with Crippen LogP contribution in [0.1, 0.15) is 19.4 Å². The number of benzene rings is 1. The molecular formula is C22H21Cl2F3N6O3S. The molecule has 0 aliphatic rings. The average molecular weight is 577 g/mol. The first-order chi connectivity index (χ1) is 17.4. The Bertz CT molecular complexity index is 1530. The molecule has 4 aromatic rings. The fourth-order valence-corrected chi connectivity index (χ4v) is 5.14. The number of fused-ring (bicyclic) bond motifs is 1. The van der Waals surface area contributed by atoms with Crippen LogP contribution < -0.4 is 4.72 Å². The maximum Gasteiger partial charge on any atom is 0.417 e. The van der Waals surface area contributed by atoms with Crippen LogP contribution in [0.3, 0.4) is 0 Å². The molecule has 0 radical (unpaired) electrons. The van der Waals surface area contributed by atoms with E-state index in [1.807, 2.05) is 18.7 Å². The molecule has 0 bridgehead atoms. The summed E-state index contributed by atoms with van der Waals surface area (Å²) in [6.45, 7) is 5.80. The van der Waals surface area contributed by atoms with E-state index in [0.29, 0.717) is 12.1 Å². The fourth-order valence-electron chi connectivity index (χ4n) is 3.53. The minimum atomic E-state index is -4.58.